The van der Waals surface area contributed by atoms with E-state index in [1.54, 1.807) is 45.3 Å². The van der Waals surface area contributed by atoms with Gasteiger partial charge in [0.1, 0.15) is 0 Å². The van der Waals surface area contributed by atoms with Crippen LogP contribution in [-0.2, 0) is 12.4 Å². The largest absolute Gasteiger partial charge is 0.416 e. The molecular formula is C40H20F6S4. The van der Waals surface area contributed by atoms with Crippen LogP contribution >= 0.6 is 45.3 Å². The highest BCUT2D eigenvalue weighted by molar-refractivity contribution is 7.36. The molecule has 246 valence electrons. The van der Waals surface area contributed by atoms with Gasteiger partial charge in [0.15, 0.2) is 0 Å². The summed E-state index contributed by atoms with van der Waals surface area (Å²) in [6, 6.07) is 35.0. The fourth-order valence-corrected chi connectivity index (χ4v) is 11.1. The number of rotatable bonds is 2. The average molecular weight is 743 g/mol. The van der Waals surface area contributed by atoms with Crippen LogP contribution < -0.4 is 0 Å². The van der Waals surface area contributed by atoms with Crippen molar-refractivity contribution in [2.45, 2.75) is 12.4 Å². The zero-order valence-corrected chi connectivity index (χ0v) is 28.7. The van der Waals surface area contributed by atoms with Crippen LogP contribution in [0.4, 0.5) is 26.3 Å². The van der Waals surface area contributed by atoms with Crippen LogP contribution in [0.5, 0.6) is 0 Å². The van der Waals surface area contributed by atoms with E-state index in [4.69, 9.17) is 0 Å². The summed E-state index contributed by atoms with van der Waals surface area (Å²) in [7, 11) is 0. The first-order chi connectivity index (χ1) is 24.0. The smallest absolute Gasteiger partial charge is 0.166 e. The molecule has 50 heavy (non-hydrogen) atoms. The predicted octanol–water partition coefficient (Wildman–Crippen LogP) is 15.3. The van der Waals surface area contributed by atoms with Gasteiger partial charge in [0, 0.05) is 37.6 Å². The minimum absolute atomic E-state index is 0.620. The zero-order chi connectivity index (χ0) is 34.4. The van der Waals surface area contributed by atoms with Gasteiger partial charge in [0.2, 0.25) is 0 Å². The highest BCUT2D eigenvalue weighted by Crippen LogP contribution is 2.49. The molecule has 0 aliphatic rings. The molecular weight excluding hydrogens is 723 g/mol. The van der Waals surface area contributed by atoms with Crippen molar-refractivity contribution in [3.8, 4) is 22.3 Å². The summed E-state index contributed by atoms with van der Waals surface area (Å²) in [5.41, 5.74) is 1.32. The Bertz CT molecular complexity index is 2500. The standard InChI is InChI=1S/C40H20F6S4/c41-39(42,43)23-13-9-21(10-14-23)37-25-17-33-34(48-30-6-2-1-5-29(30)47-33)18-26(25)38(22-11-15-24(16-12-22)40(44,45)46)28-20-36-35(19-27(28)37)49-31-7-3-4-8-32(31)50-36/h1-20H. The Balaban J connectivity index is 1.47. The number of hydrogen-bond donors (Lipinski definition) is 0. The molecule has 9 rings (SSSR count). The third-order valence-electron chi connectivity index (χ3n) is 8.82. The highest BCUT2D eigenvalue weighted by Gasteiger charge is 2.31. The van der Waals surface area contributed by atoms with E-state index in [1.807, 2.05) is 24.3 Å². The molecule has 0 amide bonds. The Morgan fingerprint density at radius 2 is 0.580 bits per heavy atom. The Morgan fingerprint density at radius 3 is 0.820 bits per heavy atom. The Morgan fingerprint density at radius 1 is 0.320 bits per heavy atom. The second-order valence-corrected chi connectivity index (χ2v) is 16.2. The van der Waals surface area contributed by atoms with E-state index in [1.165, 1.54) is 24.3 Å². The van der Waals surface area contributed by atoms with Crippen molar-refractivity contribution < 1.29 is 26.3 Å². The van der Waals surface area contributed by atoms with Crippen molar-refractivity contribution in [2.24, 2.45) is 0 Å². The van der Waals surface area contributed by atoms with E-state index in [0.29, 0.717) is 11.1 Å². The highest BCUT2D eigenvalue weighted by atomic mass is 32.1. The first kappa shape index (κ1) is 31.5. The molecule has 0 bridgehead atoms. The molecule has 0 atom stereocenters. The normalized spacial score (nSPS) is 12.6. The van der Waals surface area contributed by atoms with E-state index < -0.39 is 23.5 Å². The molecule has 0 aliphatic carbocycles. The average Bonchev–Trinajstić information content (AvgIpc) is 3.10. The lowest BCUT2D eigenvalue weighted by Gasteiger charge is -2.20. The predicted molar refractivity (Wildman–Crippen MR) is 201 cm³/mol. The first-order valence-corrected chi connectivity index (χ1v) is 18.6. The number of hydrogen-bond acceptors (Lipinski definition) is 4. The lowest BCUT2D eigenvalue weighted by molar-refractivity contribution is -0.138. The Labute approximate surface area is 296 Å². The molecule has 0 N–H and O–H groups in total. The lowest BCUT2D eigenvalue weighted by atomic mass is 9.85. The van der Waals surface area contributed by atoms with Gasteiger partial charge >= 0.3 is 12.4 Å². The zero-order valence-electron chi connectivity index (χ0n) is 25.4. The van der Waals surface area contributed by atoms with Crippen molar-refractivity contribution in [1.29, 1.82) is 0 Å². The van der Waals surface area contributed by atoms with E-state index in [9.17, 15) is 26.3 Å². The minimum atomic E-state index is -4.49. The fraction of sp³-hybridized carbons (Fsp3) is 0.0500. The van der Waals surface area contributed by atoms with Crippen LogP contribution in [0.3, 0.4) is 0 Å². The summed E-state index contributed by atoms with van der Waals surface area (Å²) in [4.78, 5) is 0. The number of alkyl halides is 6. The number of halogens is 6. The molecule has 0 saturated carbocycles. The SMILES string of the molecule is FC(F)(F)c1ccc(-c2c3cc4sc5ccccc5sc4cc3c(-c3ccc(C(F)(F)F)cc3)c3cc4sc5ccccc5sc4cc23)cc1. The fourth-order valence-electron chi connectivity index (χ4n) is 6.54. The molecule has 0 aliphatic heterocycles. The molecule has 0 fully saturated rings. The van der Waals surface area contributed by atoms with Crippen LogP contribution in [0, 0.1) is 0 Å². The Hall–Kier alpha value is -4.48. The van der Waals surface area contributed by atoms with Gasteiger partial charge in [0.05, 0.1) is 11.1 Å². The maximum atomic E-state index is 13.7. The van der Waals surface area contributed by atoms with Gasteiger partial charge in [-0.3, -0.25) is 0 Å². The lowest BCUT2D eigenvalue weighted by Crippen LogP contribution is -2.04. The Kier molecular flexibility index (Phi) is 7.26. The van der Waals surface area contributed by atoms with Gasteiger partial charge in [-0.25, -0.2) is 0 Å². The van der Waals surface area contributed by atoms with E-state index in [-0.39, 0.29) is 0 Å². The van der Waals surface area contributed by atoms with E-state index in [2.05, 4.69) is 48.5 Å². The first-order valence-electron chi connectivity index (χ1n) is 15.4. The summed E-state index contributed by atoms with van der Waals surface area (Å²) < 4.78 is 90.7. The topological polar surface area (TPSA) is 0 Å². The minimum Gasteiger partial charge on any atom is -0.166 e. The number of benzene rings is 7. The third kappa shape index (κ3) is 5.33. The van der Waals surface area contributed by atoms with Crippen LogP contribution in [0.15, 0.2) is 121 Å². The van der Waals surface area contributed by atoms with E-state index >= 15 is 0 Å². The maximum absolute atomic E-state index is 13.7. The van der Waals surface area contributed by atoms with Gasteiger partial charge < -0.3 is 0 Å². The van der Waals surface area contributed by atoms with Crippen molar-refractivity contribution in [3.63, 3.8) is 0 Å². The second kappa shape index (κ2) is 11.5. The maximum Gasteiger partial charge on any atom is 0.416 e. The quantitative estimate of drug-likeness (QED) is 0.122. The van der Waals surface area contributed by atoms with Crippen molar-refractivity contribution in [3.05, 3.63) is 132 Å². The van der Waals surface area contributed by atoms with Crippen LogP contribution in [0.2, 0.25) is 0 Å². The number of fused-ring (bicyclic) bond motifs is 6. The van der Waals surface area contributed by atoms with Gasteiger partial charge in [-0.15, -0.1) is 45.3 Å². The molecule has 2 heterocycles. The van der Waals surface area contributed by atoms with Gasteiger partial charge in [0.25, 0.3) is 0 Å². The van der Waals surface area contributed by atoms with Crippen molar-refractivity contribution >= 4 is 104 Å². The molecule has 0 nitrogen and oxygen atoms in total. The molecule has 2 aromatic heterocycles. The molecule has 0 spiro atoms. The summed E-state index contributed by atoms with van der Waals surface area (Å²) in [5.74, 6) is 0. The summed E-state index contributed by atoms with van der Waals surface area (Å²) in [6.45, 7) is 0. The summed E-state index contributed by atoms with van der Waals surface area (Å²) >= 11 is 6.53. The molecule has 0 saturated heterocycles. The van der Waals surface area contributed by atoms with E-state index in [0.717, 1.165) is 94.5 Å². The van der Waals surface area contributed by atoms with Crippen LogP contribution in [-0.4, -0.2) is 0 Å². The van der Waals surface area contributed by atoms with Crippen molar-refractivity contribution in [2.75, 3.05) is 0 Å². The second-order valence-electron chi connectivity index (χ2n) is 11.9. The van der Waals surface area contributed by atoms with Gasteiger partial charge in [-0.2, -0.15) is 26.3 Å². The molecule has 7 aromatic carbocycles. The van der Waals surface area contributed by atoms with Gasteiger partial charge in [-0.1, -0.05) is 48.5 Å². The molecule has 0 radical (unpaired) electrons. The summed E-state index contributed by atoms with van der Waals surface area (Å²) in [6.07, 6.45) is -8.98. The monoisotopic (exact) mass is 742 g/mol. The van der Waals surface area contributed by atoms with Crippen molar-refractivity contribution in [1.82, 2.24) is 0 Å². The van der Waals surface area contributed by atoms with Crippen LogP contribution in [0.1, 0.15) is 11.1 Å². The molecule has 10 heteroatoms. The molecule has 0 unspecified atom stereocenters. The molecule has 9 aromatic rings. The third-order valence-corrected chi connectivity index (χ3v) is 13.9. The van der Waals surface area contributed by atoms with Crippen LogP contribution in [0.25, 0.3) is 81.4 Å². The van der Waals surface area contributed by atoms with Gasteiger partial charge in [-0.05, 0) is 117 Å². The summed E-state index contributed by atoms with van der Waals surface area (Å²) in [5, 5.41) is 3.25.